The van der Waals surface area contributed by atoms with Crippen molar-refractivity contribution in [1.82, 2.24) is 25.4 Å². The van der Waals surface area contributed by atoms with E-state index >= 15 is 0 Å². The van der Waals surface area contributed by atoms with Crippen LogP contribution in [0.4, 0.5) is 32.2 Å². The Kier molecular flexibility index (Phi) is 8.72. The summed E-state index contributed by atoms with van der Waals surface area (Å²) in [6.07, 6.45) is 0.314. The Balaban J connectivity index is 1.08. The van der Waals surface area contributed by atoms with Gasteiger partial charge in [0, 0.05) is 42.2 Å². The van der Waals surface area contributed by atoms with Gasteiger partial charge in [-0.25, -0.2) is 15.0 Å². The third-order valence-corrected chi connectivity index (χ3v) is 8.94. The fourth-order valence-electron chi connectivity index (χ4n) is 5.43. The Hall–Kier alpha value is -4.47. The molecule has 1 saturated heterocycles. The first-order valence-corrected chi connectivity index (χ1v) is 15.3. The van der Waals surface area contributed by atoms with Crippen LogP contribution in [0.15, 0.2) is 69.7 Å². The van der Waals surface area contributed by atoms with Crippen LogP contribution in [0.1, 0.15) is 53.9 Å². The summed E-state index contributed by atoms with van der Waals surface area (Å²) in [4.78, 5) is 14.6. The highest BCUT2D eigenvalue weighted by Crippen LogP contribution is 2.39. The zero-order valence-corrected chi connectivity index (χ0v) is 25.2. The molecule has 16 heteroatoms. The number of piperidine rings is 1. The molecule has 46 heavy (non-hydrogen) atoms. The summed E-state index contributed by atoms with van der Waals surface area (Å²) in [7, 11) is 0. The summed E-state index contributed by atoms with van der Waals surface area (Å²) in [5, 5.41) is 12.4. The molecule has 1 N–H and O–H groups in total. The summed E-state index contributed by atoms with van der Waals surface area (Å²) in [5.41, 5.74) is 1.97. The van der Waals surface area contributed by atoms with Crippen molar-refractivity contribution >= 4 is 29.8 Å². The van der Waals surface area contributed by atoms with Gasteiger partial charge < -0.3 is 9.64 Å². The van der Waals surface area contributed by atoms with Crippen LogP contribution in [-0.4, -0.2) is 45.7 Å². The summed E-state index contributed by atoms with van der Waals surface area (Å²) >= 11 is 1.56. The molecule has 5 heterocycles. The van der Waals surface area contributed by atoms with E-state index in [-0.39, 0.29) is 17.5 Å². The number of rotatable bonds is 7. The van der Waals surface area contributed by atoms with Gasteiger partial charge in [0.2, 0.25) is 0 Å². The van der Waals surface area contributed by atoms with Crippen LogP contribution < -0.4 is 10.3 Å². The minimum absolute atomic E-state index is 0.158. The minimum atomic E-state index is -4.76. The second-order valence-corrected chi connectivity index (χ2v) is 11.9. The van der Waals surface area contributed by atoms with Crippen LogP contribution in [0.25, 0.3) is 11.4 Å². The zero-order chi connectivity index (χ0) is 32.5. The summed E-state index contributed by atoms with van der Waals surface area (Å²) < 4.78 is 86.4. The number of nitrogens with one attached hydrogen (secondary N) is 1. The molecule has 1 aliphatic carbocycles. The molecule has 9 nitrogen and oxygen atoms in total. The second kappa shape index (κ2) is 12.7. The van der Waals surface area contributed by atoms with E-state index in [9.17, 15) is 26.3 Å². The average Bonchev–Trinajstić information content (AvgIpc) is 3.53. The maximum Gasteiger partial charge on any atom is 0.418 e. The monoisotopic (exact) mass is 662 g/mol. The van der Waals surface area contributed by atoms with Crippen molar-refractivity contribution in [3.63, 3.8) is 0 Å². The highest BCUT2D eigenvalue weighted by molar-refractivity contribution is 7.09. The van der Waals surface area contributed by atoms with Gasteiger partial charge in [-0.2, -0.15) is 26.3 Å². The molecule has 2 aliphatic heterocycles. The molecule has 1 unspecified atom stereocenters. The van der Waals surface area contributed by atoms with Crippen molar-refractivity contribution in [2.75, 3.05) is 18.0 Å². The van der Waals surface area contributed by atoms with Crippen LogP contribution in [0.3, 0.4) is 0 Å². The topological polar surface area (TPSA) is 91.1 Å². The first-order chi connectivity index (χ1) is 22.0. The number of hydrogen-bond acceptors (Lipinski definition) is 10. The number of ether oxygens (including phenoxy) is 1. The molecule has 0 amide bonds. The number of pyridine rings is 2. The number of nitrogens with zero attached hydrogens (tertiary/aromatic N) is 7. The fraction of sp³-hybridized carbons (Fsp3) is 0.367. The number of halogens is 6. The highest BCUT2D eigenvalue weighted by Gasteiger charge is 2.37. The molecule has 6 rings (SSSR count). The average molecular weight is 663 g/mol. The van der Waals surface area contributed by atoms with Gasteiger partial charge in [-0.15, -0.1) is 21.5 Å². The number of hydrazine groups is 1. The van der Waals surface area contributed by atoms with Crippen LogP contribution in [0, 0.1) is 5.92 Å². The lowest BCUT2D eigenvalue weighted by Crippen LogP contribution is -2.38. The van der Waals surface area contributed by atoms with E-state index in [4.69, 9.17) is 9.72 Å². The van der Waals surface area contributed by atoms with Gasteiger partial charge in [-0.05, 0) is 55.7 Å². The molecule has 1 atom stereocenters. The Morgan fingerprint density at radius 2 is 1.78 bits per heavy atom. The summed E-state index contributed by atoms with van der Waals surface area (Å²) in [6.45, 7) is 3.47. The van der Waals surface area contributed by atoms with E-state index in [1.807, 2.05) is 22.4 Å². The van der Waals surface area contributed by atoms with Gasteiger partial charge in [0.05, 0.1) is 33.3 Å². The fourth-order valence-corrected chi connectivity index (χ4v) is 6.40. The third kappa shape index (κ3) is 7.00. The molecule has 3 aromatic heterocycles. The van der Waals surface area contributed by atoms with Gasteiger partial charge in [0.25, 0.3) is 0 Å². The number of aromatic nitrogens is 3. The zero-order valence-electron chi connectivity index (χ0n) is 24.4. The molecule has 0 bridgehead atoms. The predicted molar refractivity (Wildman–Crippen MR) is 160 cm³/mol. The van der Waals surface area contributed by atoms with E-state index in [0.717, 1.165) is 40.7 Å². The third-order valence-electron chi connectivity index (χ3n) is 7.88. The largest absolute Gasteiger partial charge is 0.491 e. The maximum atomic E-state index is 13.8. The SMILES string of the molecule is CC1CC(N2C=NN=CN2)=CC=C1OCc1csc(C2CCN(c3ccc(C(F)(F)F)c(-c4ccc(C(F)(F)F)cn4)n3)CC2)n1. The molecule has 0 radical (unpaired) electrons. The van der Waals surface area contributed by atoms with Crippen molar-refractivity contribution in [3.8, 4) is 11.4 Å². The minimum Gasteiger partial charge on any atom is -0.491 e. The Bertz CT molecular complexity index is 1670. The first-order valence-electron chi connectivity index (χ1n) is 14.4. The van der Waals surface area contributed by atoms with E-state index in [1.165, 1.54) is 12.4 Å². The van der Waals surface area contributed by atoms with Gasteiger partial charge in [0.15, 0.2) is 0 Å². The first kappa shape index (κ1) is 31.5. The number of anilines is 1. The number of allylic oxidation sites excluding steroid dienone is 4. The number of alkyl halides is 6. The molecular formula is C30H28F6N8OS. The molecule has 1 fully saturated rings. The Labute approximate surface area is 264 Å². The van der Waals surface area contributed by atoms with Crippen molar-refractivity contribution < 1.29 is 31.1 Å². The maximum absolute atomic E-state index is 13.8. The lowest BCUT2D eigenvalue weighted by Gasteiger charge is -2.32. The van der Waals surface area contributed by atoms with Crippen molar-refractivity contribution in [1.29, 1.82) is 0 Å². The van der Waals surface area contributed by atoms with Crippen molar-refractivity contribution in [2.24, 2.45) is 16.1 Å². The quantitative estimate of drug-likeness (QED) is 0.269. The van der Waals surface area contributed by atoms with Crippen LogP contribution in [0.5, 0.6) is 0 Å². The lowest BCUT2D eigenvalue weighted by molar-refractivity contribution is -0.138. The van der Waals surface area contributed by atoms with Crippen LogP contribution >= 0.6 is 11.3 Å². The second-order valence-electron chi connectivity index (χ2n) is 11.0. The molecule has 3 aliphatic rings. The summed E-state index contributed by atoms with van der Waals surface area (Å²) in [6, 6.07) is 3.82. The lowest BCUT2D eigenvalue weighted by atomic mass is 9.97. The van der Waals surface area contributed by atoms with E-state index in [0.29, 0.717) is 50.6 Å². The van der Waals surface area contributed by atoms with Crippen LogP contribution in [-0.2, 0) is 23.7 Å². The molecular weight excluding hydrogens is 634 g/mol. The van der Waals surface area contributed by atoms with Crippen molar-refractivity contribution in [2.45, 2.75) is 51.1 Å². The van der Waals surface area contributed by atoms with E-state index in [1.54, 1.807) is 22.7 Å². The van der Waals surface area contributed by atoms with Gasteiger partial charge >= 0.3 is 12.4 Å². The van der Waals surface area contributed by atoms with E-state index < -0.39 is 29.2 Å². The molecule has 0 saturated carbocycles. The normalized spacial score (nSPS) is 19.2. The highest BCUT2D eigenvalue weighted by atomic mass is 32.1. The number of thiazole rings is 1. The van der Waals surface area contributed by atoms with Gasteiger partial charge in [-0.3, -0.25) is 10.4 Å². The molecule has 0 aromatic carbocycles. The van der Waals surface area contributed by atoms with Gasteiger partial charge in [0.1, 0.15) is 30.8 Å². The van der Waals surface area contributed by atoms with Gasteiger partial charge in [-0.1, -0.05) is 6.92 Å². The van der Waals surface area contributed by atoms with E-state index in [2.05, 4.69) is 32.5 Å². The molecule has 0 spiro atoms. The Morgan fingerprint density at radius 1 is 0.978 bits per heavy atom. The van der Waals surface area contributed by atoms with Crippen LogP contribution in [0.2, 0.25) is 0 Å². The standard InChI is InChI=1S/C30H28F6N8OS/c1-18-12-22(44-17-39-38-16-40-44)3-6-25(18)45-14-21-15-46-28(41-21)19-8-10-43(11-9-19)26-7-4-23(30(34,35)36)27(42-26)24-5-2-20(13-37-24)29(31,32)33/h2-7,13,15-19H,8-12,14H2,1H3,(H,38,40). The predicted octanol–water partition coefficient (Wildman–Crippen LogP) is 7.14. The smallest absolute Gasteiger partial charge is 0.418 e. The Morgan fingerprint density at radius 3 is 2.43 bits per heavy atom. The van der Waals surface area contributed by atoms with Crippen molar-refractivity contribution in [3.05, 3.63) is 81.3 Å². The number of hydrogen-bond donors (Lipinski definition) is 1. The summed E-state index contributed by atoms with van der Waals surface area (Å²) in [5.74, 6) is 1.50. The molecule has 242 valence electrons. The molecule has 3 aromatic rings.